The van der Waals surface area contributed by atoms with E-state index in [-0.39, 0.29) is 17.6 Å². The van der Waals surface area contributed by atoms with Crippen LogP contribution in [-0.4, -0.2) is 24.7 Å². The lowest BCUT2D eigenvalue weighted by atomic mass is 9.77. The minimum atomic E-state index is -0.227. The first kappa shape index (κ1) is 13.0. The highest BCUT2D eigenvalue weighted by molar-refractivity contribution is 5.77. The Morgan fingerprint density at radius 1 is 1.62 bits per heavy atom. The summed E-state index contributed by atoms with van der Waals surface area (Å²) in [6.45, 7) is 1.97. The van der Waals surface area contributed by atoms with Crippen molar-refractivity contribution in [1.82, 2.24) is 5.32 Å². The van der Waals surface area contributed by atoms with Gasteiger partial charge in [-0.25, -0.2) is 0 Å². The molecule has 90 valence electrons. The molecule has 1 saturated carbocycles. The van der Waals surface area contributed by atoms with Crippen LogP contribution in [-0.2, 0) is 9.53 Å². The zero-order valence-electron chi connectivity index (χ0n) is 10.1. The number of carbonyl (C=O) groups excluding carboxylic acids is 1. The quantitative estimate of drug-likeness (QED) is 0.747. The molecule has 1 rings (SSSR count). The fraction of sp³-hybridized carbons (Fsp3) is 0.833. The predicted molar refractivity (Wildman–Crippen MR) is 60.7 cm³/mol. The number of nitriles is 1. The predicted octanol–water partition coefficient (Wildman–Crippen LogP) is 1.75. The zero-order valence-corrected chi connectivity index (χ0v) is 10.1. The summed E-state index contributed by atoms with van der Waals surface area (Å²) in [6, 6.07) is 2.06. The van der Waals surface area contributed by atoms with Gasteiger partial charge in [0, 0.05) is 13.2 Å². The van der Waals surface area contributed by atoms with Crippen LogP contribution < -0.4 is 5.32 Å². The van der Waals surface area contributed by atoms with Crippen LogP contribution in [0.25, 0.3) is 0 Å². The second-order valence-corrected chi connectivity index (χ2v) is 4.45. The van der Waals surface area contributed by atoms with E-state index in [2.05, 4.69) is 11.4 Å². The Kier molecular flexibility index (Phi) is 4.75. The first-order valence-electron chi connectivity index (χ1n) is 5.87. The van der Waals surface area contributed by atoms with E-state index in [1.54, 1.807) is 7.11 Å². The summed E-state index contributed by atoms with van der Waals surface area (Å²) in [5, 5.41) is 11.5. The molecule has 0 aromatic carbocycles. The minimum Gasteiger partial charge on any atom is -0.378 e. The number of rotatable bonds is 6. The van der Waals surface area contributed by atoms with Gasteiger partial charge in [0.15, 0.2) is 0 Å². The smallest absolute Gasteiger partial charge is 0.223 e. The molecule has 16 heavy (non-hydrogen) atoms. The molecule has 0 radical (unpaired) electrons. The number of ether oxygens (including phenoxy) is 1. The molecule has 1 fully saturated rings. The van der Waals surface area contributed by atoms with Gasteiger partial charge in [0.05, 0.1) is 24.5 Å². The lowest BCUT2D eigenvalue weighted by Gasteiger charge is -2.40. The molecule has 0 spiro atoms. The largest absolute Gasteiger partial charge is 0.378 e. The van der Waals surface area contributed by atoms with Crippen molar-refractivity contribution in [2.45, 2.75) is 57.1 Å². The summed E-state index contributed by atoms with van der Waals surface area (Å²) in [7, 11) is 1.67. The Morgan fingerprint density at radius 3 is 2.69 bits per heavy atom. The van der Waals surface area contributed by atoms with Crippen molar-refractivity contribution in [3.63, 3.8) is 0 Å². The van der Waals surface area contributed by atoms with E-state index in [1.807, 2.05) is 6.92 Å². The monoisotopic (exact) mass is 224 g/mol. The lowest BCUT2D eigenvalue weighted by molar-refractivity contribution is -0.134. The zero-order chi connectivity index (χ0) is 12.0. The van der Waals surface area contributed by atoms with Crippen LogP contribution in [0.5, 0.6) is 0 Å². The normalized spacial score (nSPS) is 19.3. The fourth-order valence-electron chi connectivity index (χ4n) is 2.00. The van der Waals surface area contributed by atoms with Crippen LogP contribution in [0, 0.1) is 11.3 Å². The van der Waals surface area contributed by atoms with Crippen LogP contribution in [0.3, 0.4) is 0 Å². The molecule has 1 N–H and O–H groups in total. The van der Waals surface area contributed by atoms with Crippen molar-refractivity contribution in [3.8, 4) is 6.07 Å². The minimum absolute atomic E-state index is 0.00338. The molecule has 4 nitrogen and oxygen atoms in total. The molecule has 1 atom stereocenters. The summed E-state index contributed by atoms with van der Waals surface area (Å²) in [5.74, 6) is 0.00338. The molecule has 0 saturated heterocycles. The van der Waals surface area contributed by atoms with E-state index < -0.39 is 0 Å². The van der Waals surface area contributed by atoms with E-state index in [9.17, 15) is 4.79 Å². The molecule has 0 aromatic rings. The lowest BCUT2D eigenvalue weighted by Crippen LogP contribution is -2.45. The van der Waals surface area contributed by atoms with Gasteiger partial charge in [-0.1, -0.05) is 6.92 Å². The van der Waals surface area contributed by atoms with Crippen molar-refractivity contribution in [3.05, 3.63) is 0 Å². The number of amides is 1. The third kappa shape index (κ3) is 3.21. The molecular weight excluding hydrogens is 204 g/mol. The number of nitrogens with zero attached hydrogens (tertiary/aromatic N) is 1. The highest BCUT2D eigenvalue weighted by Crippen LogP contribution is 2.37. The van der Waals surface area contributed by atoms with Crippen molar-refractivity contribution in [2.24, 2.45) is 0 Å². The highest BCUT2D eigenvalue weighted by Gasteiger charge is 2.39. The van der Waals surface area contributed by atoms with Gasteiger partial charge in [0.2, 0.25) is 5.91 Å². The van der Waals surface area contributed by atoms with Gasteiger partial charge in [-0.05, 0) is 25.7 Å². The van der Waals surface area contributed by atoms with Crippen LogP contribution in [0.1, 0.15) is 45.4 Å². The Bertz CT molecular complexity index is 274. The summed E-state index contributed by atoms with van der Waals surface area (Å²) < 4.78 is 5.39. The number of methoxy groups -OCH3 is 1. The summed E-state index contributed by atoms with van der Waals surface area (Å²) >= 11 is 0. The van der Waals surface area contributed by atoms with E-state index in [0.29, 0.717) is 12.8 Å². The number of hydrogen-bond donors (Lipinski definition) is 1. The maximum atomic E-state index is 11.8. The van der Waals surface area contributed by atoms with E-state index in [1.165, 1.54) is 0 Å². The van der Waals surface area contributed by atoms with Crippen LogP contribution >= 0.6 is 0 Å². The molecule has 0 aromatic heterocycles. The average molecular weight is 224 g/mol. The van der Waals surface area contributed by atoms with Crippen molar-refractivity contribution in [1.29, 1.82) is 5.26 Å². The Balaban J connectivity index is 2.37. The SMILES string of the molecule is CCC(CC#N)NC(=O)CC1(OC)CCC1. The first-order valence-corrected chi connectivity index (χ1v) is 5.87. The fourth-order valence-corrected chi connectivity index (χ4v) is 2.00. The van der Waals surface area contributed by atoms with Crippen LogP contribution in [0.4, 0.5) is 0 Å². The molecule has 4 heteroatoms. The van der Waals surface area contributed by atoms with Gasteiger partial charge in [0.1, 0.15) is 0 Å². The van der Waals surface area contributed by atoms with Gasteiger partial charge in [-0.3, -0.25) is 4.79 Å². The summed E-state index contributed by atoms with van der Waals surface area (Å²) in [6.07, 6.45) is 4.65. The van der Waals surface area contributed by atoms with E-state index in [0.717, 1.165) is 25.7 Å². The molecule has 1 unspecified atom stereocenters. The van der Waals surface area contributed by atoms with Crippen LogP contribution in [0.15, 0.2) is 0 Å². The molecule has 0 heterocycles. The van der Waals surface area contributed by atoms with Gasteiger partial charge in [0.25, 0.3) is 0 Å². The third-order valence-corrected chi connectivity index (χ3v) is 3.38. The molecule has 1 aliphatic rings. The highest BCUT2D eigenvalue weighted by atomic mass is 16.5. The molecular formula is C12H20N2O2. The topological polar surface area (TPSA) is 62.1 Å². The van der Waals surface area contributed by atoms with Crippen molar-refractivity contribution < 1.29 is 9.53 Å². The van der Waals surface area contributed by atoms with Crippen molar-refractivity contribution >= 4 is 5.91 Å². The Hall–Kier alpha value is -1.08. The Morgan fingerprint density at radius 2 is 2.31 bits per heavy atom. The number of nitrogens with one attached hydrogen (secondary N) is 1. The summed E-state index contributed by atoms with van der Waals surface area (Å²) in [5.41, 5.74) is -0.227. The van der Waals surface area contributed by atoms with Crippen molar-refractivity contribution in [2.75, 3.05) is 7.11 Å². The maximum absolute atomic E-state index is 11.8. The summed E-state index contributed by atoms with van der Waals surface area (Å²) in [4.78, 5) is 11.8. The Labute approximate surface area is 97.0 Å². The van der Waals surface area contributed by atoms with E-state index in [4.69, 9.17) is 10.00 Å². The molecule has 0 aliphatic heterocycles. The standard InChI is InChI=1S/C12H20N2O2/c1-3-10(5-8-13)14-11(15)9-12(16-2)6-4-7-12/h10H,3-7,9H2,1-2H3,(H,14,15). The maximum Gasteiger partial charge on any atom is 0.223 e. The van der Waals surface area contributed by atoms with E-state index >= 15 is 0 Å². The molecule has 1 amide bonds. The second-order valence-electron chi connectivity index (χ2n) is 4.45. The number of hydrogen-bond acceptors (Lipinski definition) is 3. The second kappa shape index (κ2) is 5.86. The van der Waals surface area contributed by atoms with Crippen LogP contribution in [0.2, 0.25) is 0 Å². The van der Waals surface area contributed by atoms with Gasteiger partial charge in [-0.2, -0.15) is 5.26 Å². The first-order chi connectivity index (χ1) is 7.65. The third-order valence-electron chi connectivity index (χ3n) is 3.38. The van der Waals surface area contributed by atoms with Gasteiger partial charge < -0.3 is 10.1 Å². The number of carbonyl (C=O) groups is 1. The molecule has 0 bridgehead atoms. The average Bonchev–Trinajstić information content (AvgIpc) is 2.23. The molecule has 1 aliphatic carbocycles. The van der Waals surface area contributed by atoms with Gasteiger partial charge in [-0.15, -0.1) is 0 Å². The van der Waals surface area contributed by atoms with Gasteiger partial charge >= 0.3 is 0 Å².